The maximum Gasteiger partial charge on any atom is 0.0947 e. The highest BCUT2D eigenvalue weighted by atomic mass is 16.3. The third-order valence-electron chi connectivity index (χ3n) is 4.25. The molecule has 1 N–H and O–H groups in total. The Kier molecular flexibility index (Phi) is 3.21. The summed E-state index contributed by atoms with van der Waals surface area (Å²) in [5.41, 5.74) is 1.72. The molecular weight excluding hydrogens is 212 g/mol. The van der Waals surface area contributed by atoms with Crippen LogP contribution >= 0.6 is 0 Å². The molecule has 0 radical (unpaired) electrons. The Labute approximate surface area is 103 Å². The lowest BCUT2D eigenvalue weighted by Gasteiger charge is -2.46. The van der Waals surface area contributed by atoms with E-state index in [0.717, 1.165) is 19.6 Å². The summed E-state index contributed by atoms with van der Waals surface area (Å²) in [6.45, 7) is 4.54. The predicted octanol–water partition coefficient (Wildman–Crippen LogP) is 2.39. The average molecular weight is 234 g/mol. The van der Waals surface area contributed by atoms with Gasteiger partial charge in [-0.2, -0.15) is 0 Å². The van der Waals surface area contributed by atoms with Gasteiger partial charge in [0.25, 0.3) is 0 Å². The van der Waals surface area contributed by atoms with E-state index in [1.54, 1.807) is 6.26 Å². The molecule has 3 rings (SSSR count). The van der Waals surface area contributed by atoms with Gasteiger partial charge in [0.1, 0.15) is 0 Å². The number of hydrogen-bond acceptors (Lipinski definition) is 3. The Morgan fingerprint density at radius 2 is 2.18 bits per heavy atom. The molecule has 2 aliphatic rings. The monoisotopic (exact) mass is 234 g/mol. The van der Waals surface area contributed by atoms with Gasteiger partial charge in [-0.25, -0.2) is 0 Å². The van der Waals surface area contributed by atoms with Crippen molar-refractivity contribution >= 4 is 0 Å². The normalized spacial score (nSPS) is 25.2. The third-order valence-corrected chi connectivity index (χ3v) is 4.25. The maximum absolute atomic E-state index is 5.15. The zero-order chi connectivity index (χ0) is 11.6. The Morgan fingerprint density at radius 3 is 2.94 bits per heavy atom. The van der Waals surface area contributed by atoms with E-state index in [4.69, 9.17) is 4.42 Å². The van der Waals surface area contributed by atoms with Gasteiger partial charge >= 0.3 is 0 Å². The van der Waals surface area contributed by atoms with Crippen LogP contribution in [0.5, 0.6) is 0 Å². The minimum atomic E-state index is 0.417. The van der Waals surface area contributed by atoms with Crippen LogP contribution in [0.25, 0.3) is 0 Å². The van der Waals surface area contributed by atoms with Gasteiger partial charge in [-0.3, -0.25) is 4.90 Å². The minimum Gasteiger partial charge on any atom is -0.472 e. The lowest BCUT2D eigenvalue weighted by molar-refractivity contribution is 0.0944. The molecule has 0 aromatic carbocycles. The molecule has 1 aromatic rings. The Morgan fingerprint density at radius 1 is 1.29 bits per heavy atom. The molecule has 1 aliphatic carbocycles. The lowest BCUT2D eigenvalue weighted by atomic mass is 9.80. The molecule has 1 spiro atoms. The third kappa shape index (κ3) is 2.55. The van der Waals surface area contributed by atoms with Gasteiger partial charge in [-0.15, -0.1) is 0 Å². The van der Waals surface area contributed by atoms with Crippen LogP contribution in [-0.4, -0.2) is 30.1 Å². The molecule has 0 unspecified atom stereocenters. The molecule has 0 amide bonds. The summed E-state index contributed by atoms with van der Waals surface area (Å²) in [5, 5.41) is 3.78. The lowest BCUT2D eigenvalue weighted by Crippen LogP contribution is -2.60. The van der Waals surface area contributed by atoms with Gasteiger partial charge in [0.15, 0.2) is 0 Å². The van der Waals surface area contributed by atoms with Gasteiger partial charge in [-0.05, 0) is 18.9 Å². The zero-order valence-corrected chi connectivity index (χ0v) is 10.5. The predicted molar refractivity (Wildman–Crippen MR) is 67.8 cm³/mol. The molecule has 94 valence electrons. The van der Waals surface area contributed by atoms with Crippen LogP contribution in [0.3, 0.4) is 0 Å². The van der Waals surface area contributed by atoms with Crippen LogP contribution in [0.15, 0.2) is 23.0 Å². The molecule has 1 aromatic heterocycles. The first-order valence-electron chi connectivity index (χ1n) is 6.85. The van der Waals surface area contributed by atoms with Crippen LogP contribution in [-0.2, 0) is 6.54 Å². The van der Waals surface area contributed by atoms with E-state index in [1.807, 2.05) is 6.26 Å². The molecule has 2 heterocycles. The van der Waals surface area contributed by atoms with Gasteiger partial charge < -0.3 is 9.73 Å². The molecule has 2 fully saturated rings. The topological polar surface area (TPSA) is 28.4 Å². The molecule has 17 heavy (non-hydrogen) atoms. The largest absolute Gasteiger partial charge is 0.472 e. The summed E-state index contributed by atoms with van der Waals surface area (Å²) in [7, 11) is 0. The van der Waals surface area contributed by atoms with Crippen molar-refractivity contribution in [3.05, 3.63) is 24.2 Å². The first kappa shape index (κ1) is 11.3. The fourth-order valence-corrected chi connectivity index (χ4v) is 3.38. The van der Waals surface area contributed by atoms with Crippen molar-refractivity contribution in [2.75, 3.05) is 19.6 Å². The minimum absolute atomic E-state index is 0.417. The highest BCUT2D eigenvalue weighted by molar-refractivity contribution is 5.06. The maximum atomic E-state index is 5.15. The highest BCUT2D eigenvalue weighted by Crippen LogP contribution is 2.30. The van der Waals surface area contributed by atoms with Crippen LogP contribution in [0, 0.1) is 0 Å². The van der Waals surface area contributed by atoms with Crippen molar-refractivity contribution in [3.63, 3.8) is 0 Å². The summed E-state index contributed by atoms with van der Waals surface area (Å²) in [6.07, 6.45) is 10.6. The molecule has 3 nitrogen and oxygen atoms in total. The van der Waals surface area contributed by atoms with E-state index < -0.39 is 0 Å². The second-order valence-electron chi connectivity index (χ2n) is 5.61. The van der Waals surface area contributed by atoms with Crippen molar-refractivity contribution in [1.82, 2.24) is 10.2 Å². The SMILES string of the molecule is c1cc(CN2CCNC3(CCCCC3)C2)co1. The summed E-state index contributed by atoms with van der Waals surface area (Å²) in [5.74, 6) is 0. The molecule has 1 saturated carbocycles. The van der Waals surface area contributed by atoms with Crippen LogP contribution in [0.2, 0.25) is 0 Å². The van der Waals surface area contributed by atoms with Crippen molar-refractivity contribution in [3.8, 4) is 0 Å². The molecule has 0 atom stereocenters. The number of rotatable bonds is 2. The van der Waals surface area contributed by atoms with E-state index in [0.29, 0.717) is 5.54 Å². The van der Waals surface area contributed by atoms with E-state index >= 15 is 0 Å². The van der Waals surface area contributed by atoms with Gasteiger partial charge in [0.2, 0.25) is 0 Å². The van der Waals surface area contributed by atoms with Crippen molar-refractivity contribution in [2.24, 2.45) is 0 Å². The highest BCUT2D eigenvalue weighted by Gasteiger charge is 2.35. The average Bonchev–Trinajstić information content (AvgIpc) is 2.83. The Balaban J connectivity index is 1.62. The van der Waals surface area contributed by atoms with Gasteiger partial charge in [-0.1, -0.05) is 19.3 Å². The fourth-order valence-electron chi connectivity index (χ4n) is 3.38. The first-order valence-corrected chi connectivity index (χ1v) is 6.85. The van der Waals surface area contributed by atoms with E-state index in [1.165, 1.54) is 44.2 Å². The smallest absolute Gasteiger partial charge is 0.0947 e. The number of piperazine rings is 1. The van der Waals surface area contributed by atoms with Crippen LogP contribution in [0.4, 0.5) is 0 Å². The summed E-state index contributed by atoms with van der Waals surface area (Å²) < 4.78 is 5.15. The van der Waals surface area contributed by atoms with E-state index in [2.05, 4.69) is 16.3 Å². The summed E-state index contributed by atoms with van der Waals surface area (Å²) in [6, 6.07) is 2.08. The molecule has 1 aliphatic heterocycles. The quantitative estimate of drug-likeness (QED) is 0.851. The van der Waals surface area contributed by atoms with E-state index in [-0.39, 0.29) is 0 Å². The number of hydrogen-bond donors (Lipinski definition) is 1. The van der Waals surface area contributed by atoms with E-state index in [9.17, 15) is 0 Å². The second kappa shape index (κ2) is 4.83. The molecule has 1 saturated heterocycles. The number of furan rings is 1. The molecular formula is C14H22N2O. The van der Waals surface area contributed by atoms with Gasteiger partial charge in [0, 0.05) is 37.3 Å². The Hall–Kier alpha value is -0.800. The van der Waals surface area contributed by atoms with Gasteiger partial charge in [0.05, 0.1) is 12.5 Å². The Bertz CT molecular complexity index is 336. The summed E-state index contributed by atoms with van der Waals surface area (Å²) >= 11 is 0. The number of nitrogens with zero attached hydrogens (tertiary/aromatic N) is 1. The standard InChI is InChI=1S/C14H22N2O/c1-2-5-14(6-3-1)12-16(8-7-15-14)10-13-4-9-17-11-13/h4,9,11,15H,1-3,5-8,10,12H2. The molecule has 3 heteroatoms. The zero-order valence-electron chi connectivity index (χ0n) is 10.5. The second-order valence-corrected chi connectivity index (χ2v) is 5.61. The van der Waals surface area contributed by atoms with Crippen molar-refractivity contribution in [2.45, 2.75) is 44.2 Å². The fraction of sp³-hybridized carbons (Fsp3) is 0.714. The van der Waals surface area contributed by atoms with Crippen LogP contribution < -0.4 is 5.32 Å². The van der Waals surface area contributed by atoms with Crippen LogP contribution in [0.1, 0.15) is 37.7 Å². The summed E-state index contributed by atoms with van der Waals surface area (Å²) in [4.78, 5) is 2.58. The van der Waals surface area contributed by atoms with Crippen molar-refractivity contribution < 1.29 is 4.42 Å². The van der Waals surface area contributed by atoms with Crippen molar-refractivity contribution in [1.29, 1.82) is 0 Å². The number of nitrogens with one attached hydrogen (secondary N) is 1. The molecule has 0 bridgehead atoms. The first-order chi connectivity index (χ1) is 8.36.